The van der Waals surface area contributed by atoms with Gasteiger partial charge in [0.25, 0.3) is 8.32 Å². The van der Waals surface area contributed by atoms with Crippen LogP contribution in [0.5, 0.6) is 0 Å². The molecular weight excluding hydrogens is 336 g/mol. The minimum Gasteiger partial charge on any atom is -0.403 e. The topological polar surface area (TPSA) is 18.5 Å². The summed E-state index contributed by atoms with van der Waals surface area (Å²) in [7, 11) is -2.56. The summed E-state index contributed by atoms with van der Waals surface area (Å²) in [5.41, 5.74) is -0.590. The largest absolute Gasteiger partial charge is 0.403 e. The molecule has 1 aliphatic heterocycles. The average Bonchev–Trinajstić information content (AvgIpc) is 3.12. The highest BCUT2D eigenvalue weighted by Crippen LogP contribution is 2.38. The van der Waals surface area contributed by atoms with Crippen molar-refractivity contribution in [3.05, 3.63) is 60.7 Å². The van der Waals surface area contributed by atoms with Crippen LogP contribution in [-0.2, 0) is 9.16 Å². The lowest BCUT2D eigenvalue weighted by Crippen LogP contribution is -2.67. The molecule has 0 unspecified atom stereocenters. The maximum atomic E-state index is 6.92. The van der Waals surface area contributed by atoms with Crippen molar-refractivity contribution in [2.45, 2.75) is 44.3 Å². The number of hydrogen-bond acceptors (Lipinski definition) is 2. The molecule has 0 bridgehead atoms. The number of hydrogen-bond donors (Lipinski definition) is 0. The van der Waals surface area contributed by atoms with Gasteiger partial charge < -0.3 is 9.16 Å². The normalized spacial score (nSPS) is 20.7. The third-order valence-electron chi connectivity index (χ3n) is 5.31. The molecule has 3 rings (SSSR count). The Balaban J connectivity index is 2.10. The monoisotopic (exact) mass is 364 g/mol. The van der Waals surface area contributed by atoms with Crippen molar-refractivity contribution < 1.29 is 9.16 Å². The maximum absolute atomic E-state index is 6.92. The predicted molar refractivity (Wildman–Crippen MR) is 110 cm³/mol. The molecule has 2 aromatic carbocycles. The first-order chi connectivity index (χ1) is 12.4. The Kier molecular flexibility index (Phi) is 5.38. The van der Waals surface area contributed by atoms with Crippen LogP contribution in [0.3, 0.4) is 0 Å². The molecule has 0 saturated carbocycles. The highest BCUT2D eigenvalue weighted by molar-refractivity contribution is 6.99. The molecule has 1 heterocycles. The van der Waals surface area contributed by atoms with E-state index in [0.29, 0.717) is 13.2 Å². The summed E-state index contributed by atoms with van der Waals surface area (Å²) in [6.07, 6.45) is 7.70. The van der Waals surface area contributed by atoms with Crippen LogP contribution in [-0.4, -0.2) is 27.1 Å². The van der Waals surface area contributed by atoms with Crippen LogP contribution in [0.1, 0.15) is 33.6 Å². The van der Waals surface area contributed by atoms with Crippen molar-refractivity contribution in [3.63, 3.8) is 0 Å². The van der Waals surface area contributed by atoms with E-state index in [4.69, 9.17) is 15.6 Å². The zero-order valence-electron chi connectivity index (χ0n) is 16.0. The van der Waals surface area contributed by atoms with Gasteiger partial charge in [0.15, 0.2) is 0 Å². The SMILES string of the molecule is C#C[C@@]1(CO[Si](c2ccccc2)(c2ccccc2)C(C)(C)C)CCCO1. The summed E-state index contributed by atoms with van der Waals surface area (Å²) in [6.45, 7) is 7.98. The molecule has 1 atom stereocenters. The first-order valence-electron chi connectivity index (χ1n) is 9.30. The Morgan fingerprint density at radius 3 is 1.96 bits per heavy atom. The summed E-state index contributed by atoms with van der Waals surface area (Å²) in [4.78, 5) is 0. The highest BCUT2D eigenvalue weighted by atomic mass is 28.4. The van der Waals surface area contributed by atoms with E-state index in [0.717, 1.165) is 12.8 Å². The number of benzene rings is 2. The van der Waals surface area contributed by atoms with Crippen molar-refractivity contribution >= 4 is 18.7 Å². The van der Waals surface area contributed by atoms with Crippen LogP contribution >= 0.6 is 0 Å². The predicted octanol–water partition coefficient (Wildman–Crippen LogP) is 3.75. The second-order valence-corrected chi connectivity index (χ2v) is 12.3. The standard InChI is InChI=1S/C23H28O2Si/c1-5-23(17-12-18-24-23)19-25-26(22(2,3)4,20-13-8-6-9-14-20)21-15-10-7-11-16-21/h1,6-11,13-16H,12,17-19H2,2-4H3/t23-/m0/s1. The zero-order chi connectivity index (χ0) is 18.7. The fourth-order valence-electron chi connectivity index (χ4n) is 3.95. The molecule has 0 aliphatic carbocycles. The molecule has 26 heavy (non-hydrogen) atoms. The van der Waals surface area contributed by atoms with Gasteiger partial charge in [0.1, 0.15) is 5.60 Å². The van der Waals surface area contributed by atoms with Crippen molar-refractivity contribution in [1.82, 2.24) is 0 Å². The lowest BCUT2D eigenvalue weighted by Gasteiger charge is -2.44. The molecule has 0 aromatic heterocycles. The minimum atomic E-state index is -2.56. The van der Waals surface area contributed by atoms with Crippen LogP contribution in [0.4, 0.5) is 0 Å². The summed E-state index contributed by atoms with van der Waals surface area (Å²) >= 11 is 0. The van der Waals surface area contributed by atoms with Gasteiger partial charge in [0.2, 0.25) is 0 Å². The molecule has 2 nitrogen and oxygen atoms in total. The Hall–Kier alpha value is -1.86. The molecule has 136 valence electrons. The van der Waals surface area contributed by atoms with Gasteiger partial charge in [-0.1, -0.05) is 87.4 Å². The average molecular weight is 365 g/mol. The number of ether oxygens (including phenoxy) is 1. The molecule has 1 aliphatic rings. The van der Waals surface area contributed by atoms with E-state index < -0.39 is 13.9 Å². The first kappa shape index (κ1) is 18.9. The summed E-state index contributed by atoms with van der Waals surface area (Å²) < 4.78 is 12.8. The van der Waals surface area contributed by atoms with Gasteiger partial charge in [-0.25, -0.2) is 0 Å². The maximum Gasteiger partial charge on any atom is 0.261 e. The van der Waals surface area contributed by atoms with E-state index in [1.54, 1.807) is 0 Å². The van der Waals surface area contributed by atoms with E-state index in [-0.39, 0.29) is 5.04 Å². The molecular formula is C23H28O2Si. The van der Waals surface area contributed by atoms with Crippen LogP contribution in [0.25, 0.3) is 0 Å². The molecule has 0 N–H and O–H groups in total. The van der Waals surface area contributed by atoms with E-state index in [1.807, 2.05) is 0 Å². The van der Waals surface area contributed by atoms with Crippen molar-refractivity contribution in [2.75, 3.05) is 13.2 Å². The second-order valence-electron chi connectivity index (χ2n) is 8.04. The molecule has 2 aromatic rings. The van der Waals surface area contributed by atoms with Crippen molar-refractivity contribution in [2.24, 2.45) is 0 Å². The van der Waals surface area contributed by atoms with Gasteiger partial charge in [0.05, 0.1) is 6.61 Å². The molecule has 0 spiro atoms. The third kappa shape index (κ3) is 3.37. The summed E-state index contributed by atoms with van der Waals surface area (Å²) in [5, 5.41) is 2.48. The third-order valence-corrected chi connectivity index (χ3v) is 10.3. The highest BCUT2D eigenvalue weighted by Gasteiger charge is 2.51. The molecule has 1 fully saturated rings. The first-order valence-corrected chi connectivity index (χ1v) is 11.2. The fourth-order valence-corrected chi connectivity index (χ4v) is 8.56. The summed E-state index contributed by atoms with van der Waals surface area (Å²) in [5.74, 6) is 2.88. The van der Waals surface area contributed by atoms with E-state index in [2.05, 4.69) is 87.4 Å². The molecule has 0 amide bonds. The van der Waals surface area contributed by atoms with E-state index in [9.17, 15) is 0 Å². The van der Waals surface area contributed by atoms with Crippen molar-refractivity contribution in [3.8, 4) is 12.3 Å². The van der Waals surface area contributed by atoms with Gasteiger partial charge in [-0.15, -0.1) is 6.42 Å². The van der Waals surface area contributed by atoms with Crippen molar-refractivity contribution in [1.29, 1.82) is 0 Å². The molecule has 1 saturated heterocycles. The van der Waals surface area contributed by atoms with Gasteiger partial charge in [-0.3, -0.25) is 0 Å². The van der Waals surface area contributed by atoms with Gasteiger partial charge in [-0.2, -0.15) is 0 Å². The Bertz CT molecular complexity index is 711. The van der Waals surface area contributed by atoms with Crippen LogP contribution < -0.4 is 10.4 Å². The summed E-state index contributed by atoms with van der Waals surface area (Å²) in [6, 6.07) is 21.3. The van der Waals surface area contributed by atoms with Crippen LogP contribution in [0, 0.1) is 12.3 Å². The minimum absolute atomic E-state index is 0.0515. The quantitative estimate of drug-likeness (QED) is 0.594. The van der Waals surface area contributed by atoms with Gasteiger partial charge >= 0.3 is 0 Å². The zero-order valence-corrected chi connectivity index (χ0v) is 17.0. The van der Waals surface area contributed by atoms with Crippen LogP contribution in [0.2, 0.25) is 5.04 Å². The Morgan fingerprint density at radius 2 is 1.58 bits per heavy atom. The Labute approximate surface area is 158 Å². The Morgan fingerprint density at radius 1 is 1.04 bits per heavy atom. The lowest BCUT2D eigenvalue weighted by molar-refractivity contribution is 0.0117. The number of rotatable bonds is 5. The van der Waals surface area contributed by atoms with E-state index >= 15 is 0 Å². The van der Waals surface area contributed by atoms with Crippen LogP contribution in [0.15, 0.2) is 60.7 Å². The molecule has 0 radical (unpaired) electrons. The molecule has 3 heteroatoms. The second kappa shape index (κ2) is 7.40. The fraction of sp³-hybridized carbons (Fsp3) is 0.391. The number of terminal acetylenes is 1. The van der Waals surface area contributed by atoms with Gasteiger partial charge in [-0.05, 0) is 28.3 Å². The lowest BCUT2D eigenvalue weighted by atomic mass is 10.0. The smallest absolute Gasteiger partial charge is 0.261 e. The van der Waals surface area contributed by atoms with E-state index in [1.165, 1.54) is 10.4 Å². The van der Waals surface area contributed by atoms with Gasteiger partial charge in [0, 0.05) is 6.61 Å².